The summed E-state index contributed by atoms with van der Waals surface area (Å²) in [7, 11) is 3.55. The van der Waals surface area contributed by atoms with Gasteiger partial charge in [-0.25, -0.2) is 0 Å². The monoisotopic (exact) mass is 313 g/mol. The SMILES string of the molecule is Cc1ccc(C)c(CSCc2ccc(C(=O)N(C)C)cc2)c1. The fourth-order valence-electron chi connectivity index (χ4n) is 2.24. The third-order valence-electron chi connectivity index (χ3n) is 3.64. The van der Waals surface area contributed by atoms with Gasteiger partial charge in [-0.15, -0.1) is 0 Å². The van der Waals surface area contributed by atoms with Crippen molar-refractivity contribution >= 4 is 17.7 Å². The Morgan fingerprint density at radius 3 is 2.32 bits per heavy atom. The lowest BCUT2D eigenvalue weighted by molar-refractivity contribution is 0.0827. The van der Waals surface area contributed by atoms with Crippen LogP contribution in [0.25, 0.3) is 0 Å². The Bertz CT molecular complexity index is 647. The third-order valence-corrected chi connectivity index (χ3v) is 4.69. The number of carbonyl (C=O) groups excluding carboxylic acids is 1. The lowest BCUT2D eigenvalue weighted by Gasteiger charge is -2.11. The summed E-state index contributed by atoms with van der Waals surface area (Å²) in [6, 6.07) is 14.5. The van der Waals surface area contributed by atoms with E-state index in [2.05, 4.69) is 32.0 Å². The number of carbonyl (C=O) groups is 1. The Hall–Kier alpha value is -1.74. The van der Waals surface area contributed by atoms with E-state index in [0.717, 1.165) is 17.1 Å². The first kappa shape index (κ1) is 16.6. The Balaban J connectivity index is 1.92. The van der Waals surface area contributed by atoms with Gasteiger partial charge in [0.25, 0.3) is 5.91 Å². The Labute approximate surface area is 137 Å². The molecule has 1 amide bonds. The minimum Gasteiger partial charge on any atom is -0.345 e. The molecule has 0 aliphatic heterocycles. The van der Waals surface area contributed by atoms with Gasteiger partial charge in [0.2, 0.25) is 0 Å². The highest BCUT2D eigenvalue weighted by atomic mass is 32.2. The molecule has 22 heavy (non-hydrogen) atoms. The van der Waals surface area contributed by atoms with Crippen molar-refractivity contribution in [1.82, 2.24) is 4.90 Å². The molecule has 0 radical (unpaired) electrons. The second-order valence-corrected chi connectivity index (χ2v) is 6.80. The summed E-state index contributed by atoms with van der Waals surface area (Å²) < 4.78 is 0. The van der Waals surface area contributed by atoms with E-state index in [-0.39, 0.29) is 5.91 Å². The topological polar surface area (TPSA) is 20.3 Å². The summed E-state index contributed by atoms with van der Waals surface area (Å²) in [5.74, 6) is 2.03. The zero-order valence-electron chi connectivity index (χ0n) is 13.7. The van der Waals surface area contributed by atoms with Crippen LogP contribution in [0.5, 0.6) is 0 Å². The van der Waals surface area contributed by atoms with Gasteiger partial charge in [-0.3, -0.25) is 4.79 Å². The standard InChI is InChI=1S/C19H23NOS/c1-14-5-6-15(2)18(11-14)13-22-12-16-7-9-17(10-8-16)19(21)20(3)4/h5-11H,12-13H2,1-4H3. The predicted molar refractivity (Wildman–Crippen MR) is 95.4 cm³/mol. The van der Waals surface area contributed by atoms with Gasteiger partial charge in [-0.1, -0.05) is 35.9 Å². The van der Waals surface area contributed by atoms with Crippen LogP contribution < -0.4 is 0 Å². The normalized spacial score (nSPS) is 10.5. The van der Waals surface area contributed by atoms with Crippen LogP contribution >= 0.6 is 11.8 Å². The zero-order valence-corrected chi connectivity index (χ0v) is 14.5. The molecule has 2 rings (SSSR count). The van der Waals surface area contributed by atoms with Crippen molar-refractivity contribution in [2.24, 2.45) is 0 Å². The molecular formula is C19H23NOS. The highest BCUT2D eigenvalue weighted by Crippen LogP contribution is 2.21. The maximum absolute atomic E-state index is 11.8. The Morgan fingerprint density at radius 1 is 1.00 bits per heavy atom. The maximum Gasteiger partial charge on any atom is 0.253 e. The second-order valence-electron chi connectivity index (χ2n) is 5.82. The van der Waals surface area contributed by atoms with Gasteiger partial charge < -0.3 is 4.90 Å². The van der Waals surface area contributed by atoms with Crippen LogP contribution in [0.2, 0.25) is 0 Å². The molecule has 0 aliphatic carbocycles. The molecule has 0 saturated carbocycles. The van der Waals surface area contributed by atoms with E-state index in [1.54, 1.807) is 19.0 Å². The Morgan fingerprint density at radius 2 is 1.68 bits per heavy atom. The van der Waals surface area contributed by atoms with Gasteiger partial charge in [0.15, 0.2) is 0 Å². The van der Waals surface area contributed by atoms with Gasteiger partial charge in [0.05, 0.1) is 0 Å². The average Bonchev–Trinajstić information content (AvgIpc) is 2.50. The molecule has 0 aromatic heterocycles. The van der Waals surface area contributed by atoms with Crippen molar-refractivity contribution in [3.05, 3.63) is 70.3 Å². The van der Waals surface area contributed by atoms with Crippen LogP contribution in [0.1, 0.15) is 32.6 Å². The number of nitrogens with zero attached hydrogens (tertiary/aromatic N) is 1. The first-order valence-corrected chi connectivity index (χ1v) is 8.57. The summed E-state index contributed by atoms with van der Waals surface area (Å²) in [6.07, 6.45) is 0. The molecule has 2 nitrogen and oxygen atoms in total. The van der Waals surface area contributed by atoms with Gasteiger partial charge in [0, 0.05) is 31.2 Å². The molecule has 2 aromatic carbocycles. The lowest BCUT2D eigenvalue weighted by Crippen LogP contribution is -2.21. The molecule has 0 N–H and O–H groups in total. The molecule has 0 spiro atoms. The van der Waals surface area contributed by atoms with Crippen LogP contribution in [0.3, 0.4) is 0 Å². The van der Waals surface area contributed by atoms with Gasteiger partial charge in [0.1, 0.15) is 0 Å². The number of amides is 1. The number of thioether (sulfide) groups is 1. The van der Waals surface area contributed by atoms with Crippen LogP contribution in [0.15, 0.2) is 42.5 Å². The van der Waals surface area contributed by atoms with Crippen LogP contribution in [0, 0.1) is 13.8 Å². The van der Waals surface area contributed by atoms with E-state index in [4.69, 9.17) is 0 Å². The van der Waals surface area contributed by atoms with E-state index in [0.29, 0.717) is 0 Å². The number of hydrogen-bond donors (Lipinski definition) is 0. The average molecular weight is 313 g/mol. The van der Waals surface area contributed by atoms with Crippen molar-refractivity contribution in [2.75, 3.05) is 14.1 Å². The fraction of sp³-hybridized carbons (Fsp3) is 0.316. The maximum atomic E-state index is 11.8. The molecular weight excluding hydrogens is 290 g/mol. The van der Waals surface area contributed by atoms with E-state index < -0.39 is 0 Å². The number of aryl methyl sites for hydroxylation is 2. The smallest absolute Gasteiger partial charge is 0.253 e. The van der Waals surface area contributed by atoms with Crippen LogP contribution in [-0.4, -0.2) is 24.9 Å². The molecule has 0 fully saturated rings. The fourth-order valence-corrected chi connectivity index (χ4v) is 3.30. The van der Waals surface area contributed by atoms with Crippen molar-refractivity contribution in [3.8, 4) is 0 Å². The minimum absolute atomic E-state index is 0.0505. The lowest BCUT2D eigenvalue weighted by atomic mass is 10.1. The first-order chi connectivity index (χ1) is 10.5. The number of benzene rings is 2. The van der Waals surface area contributed by atoms with Gasteiger partial charge in [-0.05, 0) is 42.7 Å². The van der Waals surface area contributed by atoms with Gasteiger partial charge >= 0.3 is 0 Å². The highest BCUT2D eigenvalue weighted by Gasteiger charge is 2.07. The van der Waals surface area contributed by atoms with Crippen molar-refractivity contribution in [3.63, 3.8) is 0 Å². The first-order valence-electron chi connectivity index (χ1n) is 7.42. The van der Waals surface area contributed by atoms with Crippen molar-refractivity contribution in [2.45, 2.75) is 25.4 Å². The van der Waals surface area contributed by atoms with Crippen molar-refractivity contribution in [1.29, 1.82) is 0 Å². The summed E-state index contributed by atoms with van der Waals surface area (Å²) in [5, 5.41) is 0. The molecule has 3 heteroatoms. The molecule has 0 unspecified atom stereocenters. The summed E-state index contributed by atoms with van der Waals surface area (Å²) in [5.41, 5.74) is 6.07. The number of hydrogen-bond acceptors (Lipinski definition) is 2. The van der Waals surface area contributed by atoms with E-state index in [1.165, 1.54) is 22.3 Å². The predicted octanol–water partition coefficient (Wildman–Crippen LogP) is 4.44. The highest BCUT2D eigenvalue weighted by molar-refractivity contribution is 7.97. The van der Waals surface area contributed by atoms with E-state index in [9.17, 15) is 4.79 Å². The summed E-state index contributed by atoms with van der Waals surface area (Å²) in [4.78, 5) is 13.4. The molecule has 0 atom stereocenters. The van der Waals surface area contributed by atoms with E-state index in [1.807, 2.05) is 36.0 Å². The minimum atomic E-state index is 0.0505. The van der Waals surface area contributed by atoms with Crippen LogP contribution in [0.4, 0.5) is 0 Å². The summed E-state index contributed by atoms with van der Waals surface area (Å²) >= 11 is 1.91. The van der Waals surface area contributed by atoms with Gasteiger partial charge in [-0.2, -0.15) is 11.8 Å². The van der Waals surface area contributed by atoms with Crippen molar-refractivity contribution < 1.29 is 4.79 Å². The molecule has 0 bridgehead atoms. The molecule has 0 aliphatic rings. The molecule has 0 saturated heterocycles. The third kappa shape index (κ3) is 4.38. The molecule has 0 heterocycles. The second kappa shape index (κ2) is 7.50. The van der Waals surface area contributed by atoms with Crippen LogP contribution in [-0.2, 0) is 11.5 Å². The largest absolute Gasteiger partial charge is 0.345 e. The quantitative estimate of drug-likeness (QED) is 0.813. The summed E-state index contributed by atoms with van der Waals surface area (Å²) in [6.45, 7) is 4.30. The molecule has 2 aromatic rings. The molecule has 116 valence electrons. The number of rotatable bonds is 5. The van der Waals surface area contributed by atoms with E-state index >= 15 is 0 Å². The zero-order chi connectivity index (χ0) is 16.1. The Kier molecular flexibility index (Phi) is 5.67.